The number of ether oxygens (including phenoxy) is 2. The highest BCUT2D eigenvalue weighted by Gasteiger charge is 2.25. The number of aliphatic carboxylic acids is 1. The van der Waals surface area contributed by atoms with Gasteiger partial charge in [0.15, 0.2) is 0 Å². The molecule has 2 aromatic carbocycles. The van der Waals surface area contributed by atoms with Gasteiger partial charge in [-0.3, -0.25) is 14.5 Å². The minimum absolute atomic E-state index is 0.142. The summed E-state index contributed by atoms with van der Waals surface area (Å²) in [5, 5.41) is 8.83. The normalized spacial score (nSPS) is 14.5. The first-order chi connectivity index (χ1) is 19.5. The van der Waals surface area contributed by atoms with Gasteiger partial charge in [-0.25, -0.2) is 0 Å². The van der Waals surface area contributed by atoms with E-state index >= 15 is 0 Å². The minimum Gasteiger partial charge on any atom is -0.493 e. The van der Waals surface area contributed by atoms with E-state index in [1.807, 2.05) is 54.6 Å². The van der Waals surface area contributed by atoms with Gasteiger partial charge in [0.05, 0.1) is 32.3 Å². The molecular weight excluding hydrogens is 507 g/mol. The largest absolute Gasteiger partial charge is 0.493 e. The number of carboxylic acids is 1. The zero-order chi connectivity index (χ0) is 28.2. The van der Waals surface area contributed by atoms with Crippen LogP contribution in [0.3, 0.4) is 0 Å². The predicted molar refractivity (Wildman–Crippen MR) is 154 cm³/mol. The van der Waals surface area contributed by atoms with Gasteiger partial charge >= 0.3 is 5.97 Å². The highest BCUT2D eigenvalue weighted by molar-refractivity contribution is 6.14. The van der Waals surface area contributed by atoms with Crippen LogP contribution in [-0.2, 0) is 9.53 Å². The molecule has 8 nitrogen and oxygen atoms in total. The number of hydrogen-bond acceptors (Lipinski definition) is 6. The molecular formula is C31H37BN2O6. The van der Waals surface area contributed by atoms with Crippen molar-refractivity contribution in [3.05, 3.63) is 78.3 Å². The van der Waals surface area contributed by atoms with Crippen LogP contribution in [0, 0.1) is 0 Å². The first-order valence-electron chi connectivity index (χ1n) is 14.0. The number of unbranched alkanes of at least 4 members (excludes halogenated alkanes) is 2. The fourth-order valence-electron chi connectivity index (χ4n) is 4.82. The maximum atomic E-state index is 13.8. The Morgan fingerprint density at radius 3 is 2.48 bits per heavy atom. The number of nitrogens with zero attached hydrogens (tertiary/aromatic N) is 2. The molecule has 1 atom stereocenters. The van der Waals surface area contributed by atoms with Crippen molar-refractivity contribution in [3.8, 4) is 16.9 Å². The van der Waals surface area contributed by atoms with Crippen molar-refractivity contribution in [3.63, 3.8) is 0 Å². The quantitative estimate of drug-likeness (QED) is 0.213. The molecule has 1 saturated heterocycles. The summed E-state index contributed by atoms with van der Waals surface area (Å²) in [4.78, 5) is 28.7. The van der Waals surface area contributed by atoms with Crippen LogP contribution in [0.4, 0.5) is 0 Å². The van der Waals surface area contributed by atoms with Crippen LogP contribution >= 0.6 is 0 Å². The lowest BCUT2D eigenvalue weighted by Crippen LogP contribution is -2.40. The smallest absolute Gasteiger partial charge is 0.303 e. The fraction of sp³-hybridized carbons (Fsp3) is 0.419. The number of rotatable bonds is 15. The Morgan fingerprint density at radius 2 is 1.75 bits per heavy atom. The predicted octanol–water partition coefficient (Wildman–Crippen LogP) is 5.00. The highest BCUT2D eigenvalue weighted by Crippen LogP contribution is 2.30. The third kappa shape index (κ3) is 8.47. The van der Waals surface area contributed by atoms with E-state index in [2.05, 4.69) is 4.90 Å². The van der Waals surface area contributed by atoms with E-state index in [1.54, 1.807) is 17.4 Å². The summed E-state index contributed by atoms with van der Waals surface area (Å²) < 4.78 is 16.7. The molecule has 3 aromatic rings. The number of carbonyl (C=O) groups is 2. The average molecular weight is 544 g/mol. The third-order valence-electron chi connectivity index (χ3n) is 7.09. The van der Waals surface area contributed by atoms with E-state index < -0.39 is 11.9 Å². The van der Waals surface area contributed by atoms with Crippen LogP contribution in [0.5, 0.6) is 5.75 Å². The molecule has 1 fully saturated rings. The standard InChI is InChI=1S/C31H37BN2O6/c32-30(27-7-3-4-8-28(27)40-19-5-1-2-9-29(35)36)34(16-6-15-33-17-21-38-22-18-33)31(37)25-12-10-24(11-13-25)26-14-20-39-23-26/h3-4,7-8,10-14,20,23,30H,1-2,5-6,9,15-19,21-22H2,(H,35,36). The fourth-order valence-corrected chi connectivity index (χ4v) is 4.82. The Kier molecular flexibility index (Phi) is 11.2. The number of carboxylic acid groups (broad SMARTS) is 1. The Morgan fingerprint density at radius 1 is 0.975 bits per heavy atom. The molecule has 4 rings (SSSR count). The molecule has 2 heterocycles. The molecule has 40 heavy (non-hydrogen) atoms. The van der Waals surface area contributed by atoms with Crippen LogP contribution in [0.15, 0.2) is 71.5 Å². The molecule has 1 N–H and O–H groups in total. The maximum absolute atomic E-state index is 13.8. The van der Waals surface area contributed by atoms with Crippen LogP contribution < -0.4 is 4.74 Å². The summed E-state index contributed by atoms with van der Waals surface area (Å²) in [5.41, 5.74) is 3.22. The van der Waals surface area contributed by atoms with Gasteiger partial charge in [0.25, 0.3) is 5.91 Å². The molecule has 1 aromatic heterocycles. The molecule has 1 aliphatic rings. The number of furan rings is 1. The Balaban J connectivity index is 1.46. The van der Waals surface area contributed by atoms with Crippen molar-refractivity contribution in [2.75, 3.05) is 46.0 Å². The molecule has 210 valence electrons. The van der Waals surface area contributed by atoms with E-state index in [-0.39, 0.29) is 12.3 Å². The van der Waals surface area contributed by atoms with Gasteiger partial charge in [-0.15, -0.1) is 0 Å². The van der Waals surface area contributed by atoms with E-state index in [0.717, 1.165) is 68.8 Å². The topological polar surface area (TPSA) is 92.5 Å². The zero-order valence-corrected chi connectivity index (χ0v) is 22.9. The van der Waals surface area contributed by atoms with Crippen molar-refractivity contribution >= 4 is 19.7 Å². The van der Waals surface area contributed by atoms with Gasteiger partial charge in [0, 0.05) is 55.2 Å². The number of amides is 1. The van der Waals surface area contributed by atoms with E-state index in [4.69, 9.17) is 26.8 Å². The summed E-state index contributed by atoms with van der Waals surface area (Å²) in [6.07, 6.45) is 6.35. The van der Waals surface area contributed by atoms with E-state index in [1.165, 1.54) is 0 Å². The number of hydrogen-bond donors (Lipinski definition) is 1. The monoisotopic (exact) mass is 544 g/mol. The van der Waals surface area contributed by atoms with Crippen molar-refractivity contribution in [2.45, 2.75) is 38.0 Å². The van der Waals surface area contributed by atoms with Crippen molar-refractivity contribution in [1.29, 1.82) is 0 Å². The van der Waals surface area contributed by atoms with Crippen molar-refractivity contribution < 1.29 is 28.6 Å². The average Bonchev–Trinajstić information content (AvgIpc) is 3.52. The van der Waals surface area contributed by atoms with Gasteiger partial charge in [0.1, 0.15) is 13.6 Å². The number of benzene rings is 2. The van der Waals surface area contributed by atoms with Crippen LogP contribution in [-0.4, -0.2) is 80.6 Å². The van der Waals surface area contributed by atoms with Gasteiger partial charge in [-0.05, 0) is 55.5 Å². The second-order valence-electron chi connectivity index (χ2n) is 9.93. The van der Waals surface area contributed by atoms with Crippen LogP contribution in [0.1, 0.15) is 54.0 Å². The zero-order valence-electron chi connectivity index (χ0n) is 22.9. The van der Waals surface area contributed by atoms with Gasteiger partial charge in [-0.1, -0.05) is 30.3 Å². The highest BCUT2D eigenvalue weighted by atomic mass is 16.5. The second kappa shape index (κ2) is 15.3. The Labute approximate surface area is 237 Å². The summed E-state index contributed by atoms with van der Waals surface area (Å²) in [5.74, 6) is -0.994. The van der Waals surface area contributed by atoms with Crippen molar-refractivity contribution in [1.82, 2.24) is 9.80 Å². The Bertz CT molecular complexity index is 1190. The molecule has 1 aliphatic heterocycles. The number of morpholine rings is 1. The SMILES string of the molecule is [B]C(c1ccccc1OCCCCCC(=O)O)N(CCCN1CCOCC1)C(=O)c1ccc(-c2ccoc2)cc1. The number of para-hydroxylation sites is 1. The Hall–Kier alpha value is -3.56. The molecule has 0 aliphatic carbocycles. The first kappa shape index (κ1) is 29.4. The van der Waals surface area contributed by atoms with Gasteiger partial charge in [-0.2, -0.15) is 0 Å². The molecule has 0 spiro atoms. The first-order valence-corrected chi connectivity index (χ1v) is 14.0. The van der Waals surface area contributed by atoms with Gasteiger partial charge in [0.2, 0.25) is 0 Å². The molecule has 1 amide bonds. The molecule has 0 saturated carbocycles. The molecule has 1 unspecified atom stereocenters. The lowest BCUT2D eigenvalue weighted by Gasteiger charge is -2.33. The van der Waals surface area contributed by atoms with E-state index in [9.17, 15) is 9.59 Å². The minimum atomic E-state index is -0.785. The van der Waals surface area contributed by atoms with Crippen molar-refractivity contribution in [2.24, 2.45) is 0 Å². The lowest BCUT2D eigenvalue weighted by atomic mass is 9.86. The van der Waals surface area contributed by atoms with Gasteiger partial charge < -0.3 is 23.9 Å². The summed E-state index contributed by atoms with van der Waals surface area (Å²) in [7, 11) is 6.80. The van der Waals surface area contributed by atoms with Crippen LogP contribution in [0.2, 0.25) is 0 Å². The number of carbonyl (C=O) groups excluding carboxylic acids is 1. The lowest BCUT2D eigenvalue weighted by molar-refractivity contribution is -0.137. The second-order valence-corrected chi connectivity index (χ2v) is 9.93. The molecule has 0 bridgehead atoms. The summed E-state index contributed by atoms with van der Waals surface area (Å²) in [6.45, 7) is 5.03. The maximum Gasteiger partial charge on any atom is 0.303 e. The summed E-state index contributed by atoms with van der Waals surface area (Å²) >= 11 is 0. The van der Waals surface area contributed by atoms with E-state index in [0.29, 0.717) is 30.9 Å². The third-order valence-corrected chi connectivity index (χ3v) is 7.09. The summed E-state index contributed by atoms with van der Waals surface area (Å²) in [6, 6.07) is 16.9. The molecule has 9 heteroatoms. The van der Waals surface area contributed by atoms with Crippen LogP contribution in [0.25, 0.3) is 11.1 Å². The molecule has 2 radical (unpaired) electrons.